The Kier molecular flexibility index (Phi) is 4.82. The standard InChI is InChI=1S/C13H19NO3/c1-4-8-14-13(16)10(3)17-12-7-5-6-11(15)9(12)2/h5-7,10,15H,4,8H2,1-3H3,(H,14,16). The van der Waals surface area contributed by atoms with Crippen LogP contribution < -0.4 is 10.1 Å². The molecule has 0 spiro atoms. The Labute approximate surface area is 102 Å². The molecule has 0 heterocycles. The fourth-order valence-corrected chi connectivity index (χ4v) is 1.37. The molecule has 0 aliphatic rings. The molecule has 17 heavy (non-hydrogen) atoms. The van der Waals surface area contributed by atoms with Crippen molar-refractivity contribution in [3.8, 4) is 11.5 Å². The number of carbonyl (C=O) groups excluding carboxylic acids is 1. The smallest absolute Gasteiger partial charge is 0.260 e. The molecular weight excluding hydrogens is 218 g/mol. The first-order chi connectivity index (χ1) is 8.06. The quantitative estimate of drug-likeness (QED) is 0.823. The van der Waals surface area contributed by atoms with Crippen molar-refractivity contribution in [3.05, 3.63) is 23.8 Å². The monoisotopic (exact) mass is 237 g/mol. The van der Waals surface area contributed by atoms with Crippen molar-refractivity contribution in [1.29, 1.82) is 0 Å². The molecule has 94 valence electrons. The SMILES string of the molecule is CCCNC(=O)C(C)Oc1cccc(O)c1C. The molecule has 1 aromatic carbocycles. The van der Waals surface area contributed by atoms with Gasteiger partial charge in [0.25, 0.3) is 5.91 Å². The van der Waals surface area contributed by atoms with Crippen LogP contribution in [0, 0.1) is 6.92 Å². The van der Waals surface area contributed by atoms with Crippen LogP contribution in [-0.4, -0.2) is 23.7 Å². The van der Waals surface area contributed by atoms with E-state index in [9.17, 15) is 9.90 Å². The maximum absolute atomic E-state index is 11.6. The van der Waals surface area contributed by atoms with Crippen LogP contribution in [0.3, 0.4) is 0 Å². The fourth-order valence-electron chi connectivity index (χ4n) is 1.37. The molecule has 1 atom stereocenters. The summed E-state index contributed by atoms with van der Waals surface area (Å²) in [5.74, 6) is 0.558. The third-order valence-electron chi connectivity index (χ3n) is 2.48. The van der Waals surface area contributed by atoms with Gasteiger partial charge in [0.05, 0.1) is 0 Å². The van der Waals surface area contributed by atoms with Crippen molar-refractivity contribution in [2.24, 2.45) is 0 Å². The summed E-state index contributed by atoms with van der Waals surface area (Å²) in [6.07, 6.45) is 0.325. The minimum atomic E-state index is -0.568. The van der Waals surface area contributed by atoms with Crippen molar-refractivity contribution in [1.82, 2.24) is 5.32 Å². The van der Waals surface area contributed by atoms with E-state index in [1.165, 1.54) is 0 Å². The van der Waals surface area contributed by atoms with Crippen LogP contribution >= 0.6 is 0 Å². The molecule has 0 aliphatic heterocycles. The van der Waals surface area contributed by atoms with E-state index in [0.717, 1.165) is 6.42 Å². The molecular formula is C13H19NO3. The van der Waals surface area contributed by atoms with E-state index in [2.05, 4.69) is 5.32 Å². The summed E-state index contributed by atoms with van der Waals surface area (Å²) in [7, 11) is 0. The molecule has 4 heteroatoms. The van der Waals surface area contributed by atoms with E-state index in [-0.39, 0.29) is 11.7 Å². The number of ether oxygens (including phenoxy) is 1. The number of aromatic hydroxyl groups is 1. The van der Waals surface area contributed by atoms with Crippen LogP contribution in [-0.2, 0) is 4.79 Å². The van der Waals surface area contributed by atoms with Crippen molar-refractivity contribution in [2.45, 2.75) is 33.3 Å². The molecule has 0 saturated carbocycles. The number of carbonyl (C=O) groups is 1. The summed E-state index contributed by atoms with van der Waals surface area (Å²) in [6.45, 7) is 6.08. The lowest BCUT2D eigenvalue weighted by molar-refractivity contribution is -0.127. The number of hydrogen-bond donors (Lipinski definition) is 2. The maximum atomic E-state index is 11.6. The van der Waals surface area contributed by atoms with Crippen LogP contribution in [0.1, 0.15) is 25.8 Å². The highest BCUT2D eigenvalue weighted by atomic mass is 16.5. The van der Waals surface area contributed by atoms with E-state index in [0.29, 0.717) is 17.9 Å². The molecule has 0 aromatic heterocycles. The average Bonchev–Trinajstić information content (AvgIpc) is 2.31. The van der Waals surface area contributed by atoms with Gasteiger partial charge in [-0.05, 0) is 32.4 Å². The predicted molar refractivity (Wildman–Crippen MR) is 66.2 cm³/mol. The van der Waals surface area contributed by atoms with E-state index in [1.807, 2.05) is 6.92 Å². The summed E-state index contributed by atoms with van der Waals surface area (Å²) in [6, 6.07) is 5.01. The first-order valence-corrected chi connectivity index (χ1v) is 5.79. The van der Waals surface area contributed by atoms with E-state index in [1.54, 1.807) is 32.0 Å². The van der Waals surface area contributed by atoms with Gasteiger partial charge in [0, 0.05) is 12.1 Å². The number of rotatable bonds is 5. The van der Waals surface area contributed by atoms with Gasteiger partial charge in [0.1, 0.15) is 11.5 Å². The highest BCUT2D eigenvalue weighted by Crippen LogP contribution is 2.26. The maximum Gasteiger partial charge on any atom is 0.260 e. The number of amides is 1. The van der Waals surface area contributed by atoms with Gasteiger partial charge in [-0.25, -0.2) is 0 Å². The van der Waals surface area contributed by atoms with Crippen molar-refractivity contribution >= 4 is 5.91 Å². The summed E-state index contributed by atoms with van der Waals surface area (Å²) >= 11 is 0. The summed E-state index contributed by atoms with van der Waals surface area (Å²) in [5.41, 5.74) is 0.641. The summed E-state index contributed by atoms with van der Waals surface area (Å²) in [4.78, 5) is 11.6. The Bertz CT molecular complexity index is 390. The first kappa shape index (κ1) is 13.4. The van der Waals surface area contributed by atoms with Gasteiger partial charge in [-0.15, -0.1) is 0 Å². The zero-order valence-corrected chi connectivity index (χ0v) is 10.5. The van der Waals surface area contributed by atoms with E-state index in [4.69, 9.17) is 4.74 Å². The Morgan fingerprint density at radius 1 is 1.53 bits per heavy atom. The molecule has 0 saturated heterocycles. The number of phenolic OH excluding ortho intramolecular Hbond substituents is 1. The first-order valence-electron chi connectivity index (χ1n) is 5.79. The number of nitrogens with one attached hydrogen (secondary N) is 1. The van der Waals surface area contributed by atoms with Gasteiger partial charge in [-0.2, -0.15) is 0 Å². The predicted octanol–water partition coefficient (Wildman–Crippen LogP) is 1.99. The highest BCUT2D eigenvalue weighted by Gasteiger charge is 2.15. The van der Waals surface area contributed by atoms with Crippen molar-refractivity contribution in [3.63, 3.8) is 0 Å². The van der Waals surface area contributed by atoms with Gasteiger partial charge in [0.15, 0.2) is 6.10 Å². The minimum Gasteiger partial charge on any atom is -0.508 e. The van der Waals surface area contributed by atoms with Gasteiger partial charge in [-0.1, -0.05) is 13.0 Å². The Balaban J connectivity index is 2.64. The normalized spacial score (nSPS) is 11.9. The van der Waals surface area contributed by atoms with Crippen LogP contribution in [0.5, 0.6) is 11.5 Å². The zero-order chi connectivity index (χ0) is 12.8. The second-order valence-electron chi connectivity index (χ2n) is 3.95. The summed E-state index contributed by atoms with van der Waals surface area (Å²) in [5, 5.41) is 12.3. The van der Waals surface area contributed by atoms with Crippen molar-refractivity contribution < 1.29 is 14.6 Å². The molecule has 0 aliphatic carbocycles. The molecule has 1 unspecified atom stereocenters. The van der Waals surface area contributed by atoms with Gasteiger partial charge < -0.3 is 15.2 Å². The largest absolute Gasteiger partial charge is 0.508 e. The van der Waals surface area contributed by atoms with Gasteiger partial charge >= 0.3 is 0 Å². The topological polar surface area (TPSA) is 58.6 Å². The van der Waals surface area contributed by atoms with Crippen LogP contribution in [0.4, 0.5) is 0 Å². The van der Waals surface area contributed by atoms with E-state index < -0.39 is 6.10 Å². The Morgan fingerprint density at radius 2 is 2.24 bits per heavy atom. The van der Waals surface area contributed by atoms with Crippen molar-refractivity contribution in [2.75, 3.05) is 6.54 Å². The highest BCUT2D eigenvalue weighted by molar-refractivity contribution is 5.80. The van der Waals surface area contributed by atoms with Crippen LogP contribution in [0.2, 0.25) is 0 Å². The molecule has 1 rings (SSSR count). The van der Waals surface area contributed by atoms with Crippen LogP contribution in [0.25, 0.3) is 0 Å². The lowest BCUT2D eigenvalue weighted by Crippen LogP contribution is -2.36. The van der Waals surface area contributed by atoms with E-state index >= 15 is 0 Å². The molecule has 1 aromatic rings. The number of hydrogen-bond acceptors (Lipinski definition) is 3. The molecule has 0 fully saturated rings. The molecule has 4 nitrogen and oxygen atoms in total. The lowest BCUT2D eigenvalue weighted by Gasteiger charge is -2.16. The second-order valence-corrected chi connectivity index (χ2v) is 3.95. The second kappa shape index (κ2) is 6.13. The summed E-state index contributed by atoms with van der Waals surface area (Å²) < 4.78 is 5.51. The average molecular weight is 237 g/mol. The van der Waals surface area contributed by atoms with Crippen LogP contribution in [0.15, 0.2) is 18.2 Å². The van der Waals surface area contributed by atoms with Gasteiger partial charge in [0.2, 0.25) is 0 Å². The van der Waals surface area contributed by atoms with Gasteiger partial charge in [-0.3, -0.25) is 4.79 Å². The molecule has 0 radical (unpaired) electrons. The third-order valence-corrected chi connectivity index (χ3v) is 2.48. The number of benzene rings is 1. The Morgan fingerprint density at radius 3 is 2.88 bits per heavy atom. The lowest BCUT2D eigenvalue weighted by atomic mass is 10.2. The number of phenols is 1. The zero-order valence-electron chi connectivity index (χ0n) is 10.5. The molecule has 1 amide bonds. The third kappa shape index (κ3) is 3.66. The Hall–Kier alpha value is -1.71. The fraction of sp³-hybridized carbons (Fsp3) is 0.462. The minimum absolute atomic E-state index is 0.144. The molecule has 2 N–H and O–H groups in total. The molecule has 0 bridgehead atoms.